The molecular weight excluding hydrogens is 266 g/mol. The monoisotopic (exact) mass is 279 g/mol. The number of methoxy groups -OCH3 is 1. The zero-order valence-corrected chi connectivity index (χ0v) is 11.4. The number of aromatic hydroxyl groups is 1. The van der Waals surface area contributed by atoms with Crippen molar-refractivity contribution in [2.75, 3.05) is 7.11 Å². The normalized spacial score (nSPS) is 11.3. The standard InChI is InChI=1S/C16H13N3O2/c1-21-12-3-2-11-9-19(16(20)13(11)7-12)15-6-10-4-5-17-14(10)8-18-15/h2-9,17,20H,1H3. The predicted octanol–water partition coefficient (Wildman–Crippen LogP) is 3.22. The summed E-state index contributed by atoms with van der Waals surface area (Å²) in [7, 11) is 1.61. The van der Waals surface area contributed by atoms with Gasteiger partial charge in [-0.2, -0.15) is 0 Å². The zero-order valence-electron chi connectivity index (χ0n) is 11.4. The lowest BCUT2D eigenvalue weighted by molar-refractivity contribution is 0.414. The van der Waals surface area contributed by atoms with Crippen molar-refractivity contribution in [3.63, 3.8) is 0 Å². The SMILES string of the molecule is COc1ccc2cn(-c3cc4cc[nH]c4cn3)c(O)c2c1. The summed E-state index contributed by atoms with van der Waals surface area (Å²) in [4.78, 5) is 7.49. The van der Waals surface area contributed by atoms with Crippen LogP contribution in [-0.4, -0.2) is 26.8 Å². The third kappa shape index (κ3) is 1.74. The predicted molar refractivity (Wildman–Crippen MR) is 81.1 cm³/mol. The maximum Gasteiger partial charge on any atom is 0.205 e. The van der Waals surface area contributed by atoms with E-state index in [4.69, 9.17) is 4.74 Å². The molecule has 1 aromatic carbocycles. The van der Waals surface area contributed by atoms with E-state index in [-0.39, 0.29) is 5.88 Å². The molecule has 0 atom stereocenters. The Labute approximate surface area is 120 Å². The summed E-state index contributed by atoms with van der Waals surface area (Å²) in [5.41, 5.74) is 0.969. The summed E-state index contributed by atoms with van der Waals surface area (Å²) >= 11 is 0. The van der Waals surface area contributed by atoms with Crippen LogP contribution in [0.15, 0.2) is 48.9 Å². The molecule has 104 valence electrons. The molecule has 0 aliphatic heterocycles. The van der Waals surface area contributed by atoms with Crippen LogP contribution in [0, 0.1) is 0 Å². The maximum absolute atomic E-state index is 10.4. The molecule has 0 spiro atoms. The van der Waals surface area contributed by atoms with Gasteiger partial charge in [-0.15, -0.1) is 0 Å². The number of nitrogens with zero attached hydrogens (tertiary/aromatic N) is 2. The molecule has 0 amide bonds. The fraction of sp³-hybridized carbons (Fsp3) is 0.0625. The van der Waals surface area contributed by atoms with Crippen LogP contribution >= 0.6 is 0 Å². The number of nitrogens with one attached hydrogen (secondary N) is 1. The first kappa shape index (κ1) is 11.8. The molecule has 3 heterocycles. The van der Waals surface area contributed by atoms with Gasteiger partial charge in [0.15, 0.2) is 0 Å². The fourth-order valence-corrected chi connectivity index (χ4v) is 2.54. The lowest BCUT2D eigenvalue weighted by Crippen LogP contribution is -1.94. The average Bonchev–Trinajstić information content (AvgIpc) is 3.11. The van der Waals surface area contributed by atoms with E-state index in [1.807, 2.05) is 42.7 Å². The van der Waals surface area contributed by atoms with Crippen LogP contribution in [0.2, 0.25) is 0 Å². The van der Waals surface area contributed by atoms with Gasteiger partial charge in [-0.25, -0.2) is 4.98 Å². The summed E-state index contributed by atoms with van der Waals surface area (Å²) in [5.74, 6) is 1.55. The number of aromatic nitrogens is 3. The van der Waals surface area contributed by atoms with Crippen molar-refractivity contribution >= 4 is 21.7 Å². The number of H-pyrrole nitrogens is 1. The number of rotatable bonds is 2. The molecule has 5 nitrogen and oxygen atoms in total. The Morgan fingerprint density at radius 3 is 2.95 bits per heavy atom. The van der Waals surface area contributed by atoms with Gasteiger partial charge in [-0.3, -0.25) is 4.57 Å². The number of fused-ring (bicyclic) bond motifs is 2. The lowest BCUT2D eigenvalue weighted by Gasteiger charge is -2.04. The van der Waals surface area contributed by atoms with Crippen LogP contribution in [0.1, 0.15) is 0 Å². The number of aromatic amines is 1. The molecule has 0 unspecified atom stereocenters. The third-order valence-electron chi connectivity index (χ3n) is 3.67. The van der Waals surface area contributed by atoms with Crippen LogP contribution in [0.25, 0.3) is 27.5 Å². The molecule has 4 rings (SSSR count). The summed E-state index contributed by atoms with van der Waals surface area (Å²) in [6.45, 7) is 0. The first-order chi connectivity index (χ1) is 10.3. The van der Waals surface area contributed by atoms with Crippen molar-refractivity contribution in [1.82, 2.24) is 14.5 Å². The third-order valence-corrected chi connectivity index (χ3v) is 3.67. The highest BCUT2D eigenvalue weighted by Gasteiger charge is 2.12. The van der Waals surface area contributed by atoms with Gasteiger partial charge in [0.25, 0.3) is 0 Å². The minimum Gasteiger partial charge on any atom is -0.497 e. The Morgan fingerprint density at radius 1 is 1.19 bits per heavy atom. The van der Waals surface area contributed by atoms with Gasteiger partial charge >= 0.3 is 0 Å². The number of pyridine rings is 1. The molecule has 4 aromatic rings. The summed E-state index contributed by atoms with van der Waals surface area (Å²) in [6.07, 6.45) is 5.49. The van der Waals surface area contributed by atoms with Gasteiger partial charge in [0, 0.05) is 28.6 Å². The number of hydrogen-bond acceptors (Lipinski definition) is 3. The number of hydrogen-bond donors (Lipinski definition) is 2. The Kier molecular flexibility index (Phi) is 2.41. The van der Waals surface area contributed by atoms with Gasteiger partial charge in [-0.1, -0.05) is 0 Å². The minimum absolute atomic E-state index is 0.159. The summed E-state index contributed by atoms with van der Waals surface area (Å²) < 4.78 is 6.88. The van der Waals surface area contributed by atoms with E-state index in [1.54, 1.807) is 17.9 Å². The molecule has 0 aliphatic carbocycles. The van der Waals surface area contributed by atoms with Gasteiger partial charge in [0.1, 0.15) is 11.6 Å². The minimum atomic E-state index is 0.159. The van der Waals surface area contributed by atoms with Crippen molar-refractivity contribution in [3.8, 4) is 17.4 Å². The first-order valence-corrected chi connectivity index (χ1v) is 6.58. The number of ether oxygens (including phenoxy) is 1. The number of benzene rings is 1. The molecule has 5 heteroatoms. The molecule has 0 aliphatic rings. The largest absolute Gasteiger partial charge is 0.497 e. The van der Waals surface area contributed by atoms with Crippen LogP contribution < -0.4 is 4.74 Å². The Hall–Kier alpha value is -2.95. The zero-order chi connectivity index (χ0) is 14.4. The average molecular weight is 279 g/mol. The molecule has 2 N–H and O–H groups in total. The molecule has 0 fully saturated rings. The van der Waals surface area contributed by atoms with Crippen molar-refractivity contribution < 1.29 is 9.84 Å². The van der Waals surface area contributed by atoms with E-state index in [0.717, 1.165) is 21.7 Å². The topological polar surface area (TPSA) is 63.1 Å². The molecular formula is C16H13N3O2. The Morgan fingerprint density at radius 2 is 2.10 bits per heavy atom. The Balaban J connectivity index is 1.94. The van der Waals surface area contributed by atoms with Crippen LogP contribution in [0.4, 0.5) is 0 Å². The van der Waals surface area contributed by atoms with Crippen LogP contribution in [-0.2, 0) is 0 Å². The highest BCUT2D eigenvalue weighted by atomic mass is 16.5. The fourth-order valence-electron chi connectivity index (χ4n) is 2.54. The van der Waals surface area contributed by atoms with Gasteiger partial charge in [0.2, 0.25) is 5.88 Å². The molecule has 0 saturated heterocycles. The maximum atomic E-state index is 10.4. The van der Waals surface area contributed by atoms with Crippen molar-refractivity contribution in [2.45, 2.75) is 0 Å². The Bertz CT molecular complexity index is 953. The highest BCUT2D eigenvalue weighted by molar-refractivity contribution is 5.90. The van der Waals surface area contributed by atoms with Crippen molar-refractivity contribution in [2.24, 2.45) is 0 Å². The van der Waals surface area contributed by atoms with Gasteiger partial charge in [-0.05, 0) is 30.3 Å². The second-order valence-corrected chi connectivity index (χ2v) is 4.88. The van der Waals surface area contributed by atoms with Crippen molar-refractivity contribution in [1.29, 1.82) is 0 Å². The lowest BCUT2D eigenvalue weighted by atomic mass is 10.2. The second-order valence-electron chi connectivity index (χ2n) is 4.88. The van der Waals surface area contributed by atoms with E-state index in [2.05, 4.69) is 9.97 Å². The molecule has 0 bridgehead atoms. The van der Waals surface area contributed by atoms with Crippen LogP contribution in [0.3, 0.4) is 0 Å². The van der Waals surface area contributed by atoms with E-state index < -0.39 is 0 Å². The van der Waals surface area contributed by atoms with E-state index in [1.165, 1.54) is 0 Å². The van der Waals surface area contributed by atoms with Gasteiger partial charge in [0.05, 0.1) is 18.8 Å². The second kappa shape index (κ2) is 4.28. The highest BCUT2D eigenvalue weighted by Crippen LogP contribution is 2.32. The van der Waals surface area contributed by atoms with Crippen LogP contribution in [0.5, 0.6) is 11.6 Å². The van der Waals surface area contributed by atoms with E-state index in [0.29, 0.717) is 11.6 Å². The summed E-state index contributed by atoms with van der Waals surface area (Å²) in [6, 6.07) is 9.51. The van der Waals surface area contributed by atoms with Gasteiger partial charge < -0.3 is 14.8 Å². The molecule has 0 radical (unpaired) electrons. The van der Waals surface area contributed by atoms with E-state index >= 15 is 0 Å². The van der Waals surface area contributed by atoms with E-state index in [9.17, 15) is 5.11 Å². The van der Waals surface area contributed by atoms with Crippen molar-refractivity contribution in [3.05, 3.63) is 48.9 Å². The molecule has 3 aromatic heterocycles. The quantitative estimate of drug-likeness (QED) is 0.592. The smallest absolute Gasteiger partial charge is 0.205 e. The molecule has 21 heavy (non-hydrogen) atoms. The first-order valence-electron chi connectivity index (χ1n) is 6.58. The molecule has 0 saturated carbocycles. The summed E-state index contributed by atoms with van der Waals surface area (Å²) in [5, 5.41) is 13.2.